The van der Waals surface area contributed by atoms with Crippen LogP contribution >= 0.6 is 0 Å². The molecule has 1 amide bonds. The van der Waals surface area contributed by atoms with Gasteiger partial charge in [0.15, 0.2) is 0 Å². The molecule has 2 aromatic carbocycles. The molecule has 3 rings (SSSR count). The van der Waals surface area contributed by atoms with Gasteiger partial charge < -0.3 is 5.32 Å². The second-order valence-corrected chi connectivity index (χ2v) is 5.25. The van der Waals surface area contributed by atoms with E-state index in [1.807, 2.05) is 36.4 Å². The van der Waals surface area contributed by atoms with Gasteiger partial charge in [0, 0.05) is 11.3 Å². The van der Waals surface area contributed by atoms with Crippen LogP contribution < -0.4 is 5.32 Å². The van der Waals surface area contributed by atoms with Gasteiger partial charge in [0.2, 0.25) is 0 Å². The van der Waals surface area contributed by atoms with Crippen molar-refractivity contribution in [3.8, 4) is 0 Å². The van der Waals surface area contributed by atoms with Crippen LogP contribution in [0.2, 0.25) is 0 Å². The van der Waals surface area contributed by atoms with Gasteiger partial charge in [0.05, 0.1) is 6.04 Å². The number of carbonyl (C=O) groups excluding carboxylic acids is 1. The van der Waals surface area contributed by atoms with Crippen LogP contribution in [-0.2, 0) is 0 Å². The number of benzene rings is 2. The van der Waals surface area contributed by atoms with Gasteiger partial charge in [-0.3, -0.25) is 9.69 Å². The van der Waals surface area contributed by atoms with Crippen molar-refractivity contribution in [3.05, 3.63) is 65.2 Å². The molecule has 0 aromatic heterocycles. The zero-order valence-electron chi connectivity index (χ0n) is 12.5. The molecule has 1 aliphatic heterocycles. The molecule has 0 fully saturated rings. The van der Waals surface area contributed by atoms with Crippen LogP contribution in [0.4, 0.5) is 5.69 Å². The molecule has 0 saturated carbocycles. The van der Waals surface area contributed by atoms with E-state index in [-0.39, 0.29) is 11.9 Å². The maximum absolute atomic E-state index is 12.5. The first-order valence-electron chi connectivity index (χ1n) is 7.49. The summed E-state index contributed by atoms with van der Waals surface area (Å²) < 4.78 is 0. The second-order valence-electron chi connectivity index (χ2n) is 5.25. The predicted molar refractivity (Wildman–Crippen MR) is 85.6 cm³/mol. The van der Waals surface area contributed by atoms with E-state index in [1.54, 1.807) is 0 Å². The van der Waals surface area contributed by atoms with E-state index in [0.29, 0.717) is 0 Å². The highest BCUT2D eigenvalue weighted by Crippen LogP contribution is 2.37. The van der Waals surface area contributed by atoms with Gasteiger partial charge >= 0.3 is 0 Å². The molecule has 3 nitrogen and oxygen atoms in total. The number of hydrogen-bond donors (Lipinski definition) is 1. The Morgan fingerprint density at radius 1 is 0.952 bits per heavy atom. The molecule has 2 aromatic rings. The van der Waals surface area contributed by atoms with Gasteiger partial charge in [-0.05, 0) is 36.3 Å². The summed E-state index contributed by atoms with van der Waals surface area (Å²) in [5.74, 6) is -0.0206. The average Bonchev–Trinajstić information content (AvgIpc) is 2.65. The Bertz CT molecular complexity index is 662. The van der Waals surface area contributed by atoms with E-state index >= 15 is 0 Å². The third kappa shape index (κ3) is 2.34. The third-order valence-corrected chi connectivity index (χ3v) is 4.18. The van der Waals surface area contributed by atoms with E-state index < -0.39 is 0 Å². The molecular weight excluding hydrogens is 260 g/mol. The Labute approximate surface area is 125 Å². The monoisotopic (exact) mass is 280 g/mol. The molecule has 1 unspecified atom stereocenters. The Kier molecular flexibility index (Phi) is 3.76. The number of nitrogens with zero attached hydrogens (tertiary/aromatic N) is 1. The average molecular weight is 280 g/mol. The molecule has 0 radical (unpaired) electrons. The van der Waals surface area contributed by atoms with Crippen molar-refractivity contribution in [3.63, 3.8) is 0 Å². The predicted octanol–water partition coefficient (Wildman–Crippen LogP) is 3.68. The van der Waals surface area contributed by atoms with E-state index in [1.165, 1.54) is 5.56 Å². The number of amides is 1. The fourth-order valence-corrected chi connectivity index (χ4v) is 3.13. The molecule has 21 heavy (non-hydrogen) atoms. The van der Waals surface area contributed by atoms with Crippen molar-refractivity contribution >= 4 is 11.6 Å². The number of carbonyl (C=O) groups is 1. The summed E-state index contributed by atoms with van der Waals surface area (Å²) in [7, 11) is 0. The maximum Gasteiger partial charge on any atom is 0.256 e. The zero-order valence-corrected chi connectivity index (χ0v) is 12.5. The summed E-state index contributed by atoms with van der Waals surface area (Å²) in [6.45, 7) is 6.21. The second kappa shape index (κ2) is 5.70. The minimum absolute atomic E-state index is 0.0206. The molecule has 0 bridgehead atoms. The van der Waals surface area contributed by atoms with Crippen molar-refractivity contribution in [1.82, 2.24) is 4.90 Å². The molecular formula is C18H20N2O. The SMILES string of the molecule is CCN(CC)C1c2ccccc2NC(=O)c2ccccc21. The van der Waals surface area contributed by atoms with Crippen LogP contribution in [0.3, 0.4) is 0 Å². The lowest BCUT2D eigenvalue weighted by Crippen LogP contribution is -2.29. The molecule has 1 N–H and O–H groups in total. The van der Waals surface area contributed by atoms with Crippen molar-refractivity contribution in [2.24, 2.45) is 0 Å². The van der Waals surface area contributed by atoms with E-state index in [2.05, 4.69) is 36.2 Å². The summed E-state index contributed by atoms with van der Waals surface area (Å²) >= 11 is 0. The fourth-order valence-electron chi connectivity index (χ4n) is 3.13. The molecule has 1 atom stereocenters. The normalized spacial score (nSPS) is 16.9. The zero-order chi connectivity index (χ0) is 14.8. The Morgan fingerprint density at radius 2 is 1.57 bits per heavy atom. The van der Waals surface area contributed by atoms with Gasteiger partial charge in [0.1, 0.15) is 0 Å². The lowest BCUT2D eigenvalue weighted by atomic mass is 9.93. The lowest BCUT2D eigenvalue weighted by molar-refractivity contribution is 0.102. The third-order valence-electron chi connectivity index (χ3n) is 4.18. The summed E-state index contributed by atoms with van der Waals surface area (Å²) in [5.41, 5.74) is 3.93. The topological polar surface area (TPSA) is 32.3 Å². The van der Waals surface area contributed by atoms with Crippen molar-refractivity contribution in [1.29, 1.82) is 0 Å². The Balaban J connectivity index is 2.25. The number of anilines is 1. The van der Waals surface area contributed by atoms with Crippen LogP contribution in [0.5, 0.6) is 0 Å². The van der Waals surface area contributed by atoms with Crippen LogP contribution in [0.1, 0.15) is 41.4 Å². The number of para-hydroxylation sites is 1. The molecule has 0 spiro atoms. The lowest BCUT2D eigenvalue weighted by Gasteiger charge is -2.31. The quantitative estimate of drug-likeness (QED) is 0.930. The van der Waals surface area contributed by atoms with E-state index in [4.69, 9.17) is 0 Å². The number of rotatable bonds is 3. The van der Waals surface area contributed by atoms with Crippen LogP contribution in [0.25, 0.3) is 0 Å². The molecule has 1 aliphatic rings. The maximum atomic E-state index is 12.5. The highest BCUT2D eigenvalue weighted by Gasteiger charge is 2.29. The van der Waals surface area contributed by atoms with Crippen LogP contribution in [-0.4, -0.2) is 23.9 Å². The first-order valence-corrected chi connectivity index (χ1v) is 7.49. The molecule has 108 valence electrons. The summed E-state index contributed by atoms with van der Waals surface area (Å²) in [6.07, 6.45) is 0. The molecule has 3 heteroatoms. The molecule has 0 aliphatic carbocycles. The minimum Gasteiger partial charge on any atom is -0.322 e. The highest BCUT2D eigenvalue weighted by molar-refractivity contribution is 6.07. The van der Waals surface area contributed by atoms with Gasteiger partial charge in [-0.1, -0.05) is 50.2 Å². The van der Waals surface area contributed by atoms with Gasteiger partial charge in [0.25, 0.3) is 5.91 Å². The van der Waals surface area contributed by atoms with E-state index in [9.17, 15) is 4.79 Å². The van der Waals surface area contributed by atoms with E-state index in [0.717, 1.165) is 29.9 Å². The minimum atomic E-state index is -0.0206. The van der Waals surface area contributed by atoms with Crippen LogP contribution in [0.15, 0.2) is 48.5 Å². The fraction of sp³-hybridized carbons (Fsp3) is 0.278. The number of nitrogens with one attached hydrogen (secondary N) is 1. The Morgan fingerprint density at radius 3 is 2.29 bits per heavy atom. The first-order chi connectivity index (χ1) is 10.3. The van der Waals surface area contributed by atoms with Crippen molar-refractivity contribution in [2.75, 3.05) is 18.4 Å². The first kappa shape index (κ1) is 13.8. The summed E-state index contributed by atoms with van der Waals surface area (Å²) in [5, 5.41) is 3.05. The highest BCUT2D eigenvalue weighted by atomic mass is 16.1. The summed E-state index contributed by atoms with van der Waals surface area (Å²) in [6, 6.07) is 16.1. The van der Waals surface area contributed by atoms with Gasteiger partial charge in [-0.15, -0.1) is 0 Å². The smallest absolute Gasteiger partial charge is 0.256 e. The van der Waals surface area contributed by atoms with Gasteiger partial charge in [-0.2, -0.15) is 0 Å². The molecule has 1 heterocycles. The standard InChI is InChI=1S/C18H20N2O/c1-3-20(4-2)17-13-9-5-6-10-14(13)18(21)19-16-12-8-7-11-15(16)17/h5-12,17H,3-4H2,1-2H3,(H,19,21). The van der Waals surface area contributed by atoms with Gasteiger partial charge in [-0.25, -0.2) is 0 Å². The summed E-state index contributed by atoms with van der Waals surface area (Å²) in [4.78, 5) is 14.9. The van der Waals surface area contributed by atoms with Crippen molar-refractivity contribution < 1.29 is 4.79 Å². The van der Waals surface area contributed by atoms with Crippen molar-refractivity contribution in [2.45, 2.75) is 19.9 Å². The number of fused-ring (bicyclic) bond motifs is 2. The largest absolute Gasteiger partial charge is 0.322 e. The molecule has 0 saturated heterocycles. The Hall–Kier alpha value is -2.13. The number of hydrogen-bond acceptors (Lipinski definition) is 2. The van der Waals surface area contributed by atoms with Crippen LogP contribution in [0, 0.1) is 0 Å².